The maximum Gasteiger partial charge on any atom is -0.0177 e. The summed E-state index contributed by atoms with van der Waals surface area (Å²) in [6.07, 6.45) is 8.97. The summed E-state index contributed by atoms with van der Waals surface area (Å²) in [6.45, 7) is 8.62. The maximum atomic E-state index is 2.29. The molecule has 0 nitrogen and oxygen atoms in total. The normalized spacial score (nSPS) is 11.7. The molecule has 0 aliphatic rings. The SMILES string of the molecule is Cc1ccc(C)c(C=Cc2cc3ccccc3cc2C=Cc2cc(C)ccc2C)c1. The van der Waals surface area contributed by atoms with Crippen molar-refractivity contribution in [3.05, 3.63) is 117 Å². The standard InChI is InChI=1S/C30H28/c1-21-9-11-23(3)25(17-21)13-15-29-19-27-7-5-6-8-28(27)20-30(29)16-14-26-18-22(2)10-12-24(26)4/h5-20H,1-4H3. The Bertz CT molecular complexity index is 1170. The summed E-state index contributed by atoms with van der Waals surface area (Å²) < 4.78 is 0. The largest absolute Gasteiger partial charge is 0.0616 e. The summed E-state index contributed by atoms with van der Waals surface area (Å²) in [6, 6.07) is 26.4. The van der Waals surface area contributed by atoms with Crippen molar-refractivity contribution >= 4 is 35.1 Å². The Balaban J connectivity index is 1.79. The number of fused-ring (bicyclic) bond motifs is 1. The average molecular weight is 389 g/mol. The van der Waals surface area contributed by atoms with Crippen LogP contribution in [0, 0.1) is 27.7 Å². The third-order valence-corrected chi connectivity index (χ3v) is 5.71. The molecule has 0 bridgehead atoms. The fraction of sp³-hybridized carbons (Fsp3) is 0.133. The van der Waals surface area contributed by atoms with Gasteiger partial charge < -0.3 is 0 Å². The Morgan fingerprint density at radius 2 is 0.833 bits per heavy atom. The van der Waals surface area contributed by atoms with E-state index in [2.05, 4.69) is 125 Å². The van der Waals surface area contributed by atoms with Gasteiger partial charge in [0.25, 0.3) is 0 Å². The van der Waals surface area contributed by atoms with Gasteiger partial charge in [0.1, 0.15) is 0 Å². The van der Waals surface area contributed by atoms with E-state index in [-0.39, 0.29) is 0 Å². The zero-order valence-corrected chi connectivity index (χ0v) is 18.2. The van der Waals surface area contributed by atoms with Gasteiger partial charge in [-0.1, -0.05) is 96.1 Å². The zero-order valence-electron chi connectivity index (χ0n) is 18.2. The molecule has 0 atom stereocenters. The van der Waals surface area contributed by atoms with Crippen LogP contribution in [0.3, 0.4) is 0 Å². The maximum absolute atomic E-state index is 2.29. The molecule has 0 aliphatic carbocycles. The summed E-state index contributed by atoms with van der Waals surface area (Å²) in [4.78, 5) is 0. The van der Waals surface area contributed by atoms with E-state index in [9.17, 15) is 0 Å². The highest BCUT2D eigenvalue weighted by Gasteiger charge is 2.03. The number of hydrogen-bond acceptors (Lipinski definition) is 0. The third-order valence-electron chi connectivity index (χ3n) is 5.71. The molecule has 0 saturated heterocycles. The molecular formula is C30H28. The highest BCUT2D eigenvalue weighted by molar-refractivity contribution is 5.91. The summed E-state index contributed by atoms with van der Waals surface area (Å²) in [7, 11) is 0. The molecule has 0 aromatic heterocycles. The van der Waals surface area contributed by atoms with Crippen LogP contribution < -0.4 is 0 Å². The van der Waals surface area contributed by atoms with Gasteiger partial charge in [-0.2, -0.15) is 0 Å². The highest BCUT2D eigenvalue weighted by atomic mass is 14.1. The van der Waals surface area contributed by atoms with Crippen molar-refractivity contribution in [1.82, 2.24) is 0 Å². The van der Waals surface area contributed by atoms with E-state index in [0.29, 0.717) is 0 Å². The van der Waals surface area contributed by atoms with Crippen LogP contribution in [-0.2, 0) is 0 Å². The molecule has 4 rings (SSSR count). The average Bonchev–Trinajstić information content (AvgIpc) is 2.74. The minimum atomic E-state index is 1.23. The van der Waals surface area contributed by atoms with Crippen molar-refractivity contribution < 1.29 is 0 Å². The lowest BCUT2D eigenvalue weighted by Crippen LogP contribution is -1.86. The van der Waals surface area contributed by atoms with Gasteiger partial charge in [0.15, 0.2) is 0 Å². The van der Waals surface area contributed by atoms with Crippen LogP contribution in [0.25, 0.3) is 35.1 Å². The minimum absolute atomic E-state index is 1.23. The fourth-order valence-corrected chi connectivity index (χ4v) is 3.80. The van der Waals surface area contributed by atoms with Crippen LogP contribution >= 0.6 is 0 Å². The second-order valence-corrected chi connectivity index (χ2v) is 8.22. The van der Waals surface area contributed by atoms with Crippen molar-refractivity contribution in [3.8, 4) is 0 Å². The van der Waals surface area contributed by atoms with Crippen molar-refractivity contribution in [2.75, 3.05) is 0 Å². The first kappa shape index (κ1) is 19.9. The lowest BCUT2D eigenvalue weighted by molar-refractivity contribution is 1.38. The van der Waals surface area contributed by atoms with Crippen LogP contribution in [0.5, 0.6) is 0 Å². The lowest BCUT2D eigenvalue weighted by atomic mass is 9.97. The van der Waals surface area contributed by atoms with Gasteiger partial charge in [-0.25, -0.2) is 0 Å². The van der Waals surface area contributed by atoms with Crippen molar-refractivity contribution in [2.45, 2.75) is 27.7 Å². The smallest absolute Gasteiger partial charge is 0.0177 e. The van der Waals surface area contributed by atoms with Crippen LogP contribution in [0.4, 0.5) is 0 Å². The molecule has 4 aromatic carbocycles. The summed E-state index contributed by atoms with van der Waals surface area (Å²) in [5, 5.41) is 2.53. The molecule has 0 radical (unpaired) electrons. The van der Waals surface area contributed by atoms with Crippen LogP contribution in [0.2, 0.25) is 0 Å². The van der Waals surface area contributed by atoms with Gasteiger partial charge >= 0.3 is 0 Å². The second kappa shape index (κ2) is 8.55. The summed E-state index contributed by atoms with van der Waals surface area (Å²) in [5.74, 6) is 0. The molecule has 0 amide bonds. The second-order valence-electron chi connectivity index (χ2n) is 8.22. The molecule has 0 unspecified atom stereocenters. The van der Waals surface area contributed by atoms with Gasteiger partial charge in [0.05, 0.1) is 0 Å². The predicted octanol–water partition coefficient (Wildman–Crippen LogP) is 8.41. The third kappa shape index (κ3) is 4.44. The lowest BCUT2D eigenvalue weighted by Gasteiger charge is -2.08. The quantitative estimate of drug-likeness (QED) is 0.308. The van der Waals surface area contributed by atoms with E-state index in [0.717, 1.165) is 0 Å². The zero-order chi connectivity index (χ0) is 21.1. The monoisotopic (exact) mass is 388 g/mol. The first-order valence-corrected chi connectivity index (χ1v) is 10.5. The molecule has 0 saturated carbocycles. The number of rotatable bonds is 4. The van der Waals surface area contributed by atoms with E-state index in [1.165, 1.54) is 55.3 Å². The Morgan fingerprint density at radius 1 is 0.433 bits per heavy atom. The molecule has 4 aromatic rings. The van der Waals surface area contributed by atoms with Crippen LogP contribution in [0.1, 0.15) is 44.5 Å². The molecule has 0 heteroatoms. The molecular weight excluding hydrogens is 360 g/mol. The van der Waals surface area contributed by atoms with Gasteiger partial charge in [-0.3, -0.25) is 0 Å². The first-order chi connectivity index (χ1) is 14.5. The Hall–Kier alpha value is -3.38. The van der Waals surface area contributed by atoms with E-state index in [1.54, 1.807) is 0 Å². The van der Waals surface area contributed by atoms with E-state index in [4.69, 9.17) is 0 Å². The van der Waals surface area contributed by atoms with Crippen LogP contribution in [0.15, 0.2) is 72.8 Å². The van der Waals surface area contributed by atoms with Crippen molar-refractivity contribution in [1.29, 1.82) is 0 Å². The summed E-state index contributed by atoms with van der Waals surface area (Å²) in [5.41, 5.74) is 10.2. The first-order valence-electron chi connectivity index (χ1n) is 10.5. The molecule has 30 heavy (non-hydrogen) atoms. The predicted molar refractivity (Wildman–Crippen MR) is 134 cm³/mol. The van der Waals surface area contributed by atoms with Gasteiger partial charge in [-0.15, -0.1) is 0 Å². The van der Waals surface area contributed by atoms with Gasteiger partial charge in [-0.05, 0) is 84.0 Å². The number of benzene rings is 4. The topological polar surface area (TPSA) is 0 Å². The van der Waals surface area contributed by atoms with E-state index >= 15 is 0 Å². The van der Waals surface area contributed by atoms with Crippen molar-refractivity contribution in [2.24, 2.45) is 0 Å². The highest BCUT2D eigenvalue weighted by Crippen LogP contribution is 2.25. The molecule has 0 fully saturated rings. The number of aryl methyl sites for hydroxylation is 4. The Labute approximate surface area is 180 Å². The summed E-state index contributed by atoms with van der Waals surface area (Å²) >= 11 is 0. The van der Waals surface area contributed by atoms with Gasteiger partial charge in [0.2, 0.25) is 0 Å². The molecule has 0 aliphatic heterocycles. The number of hydrogen-bond donors (Lipinski definition) is 0. The van der Waals surface area contributed by atoms with E-state index in [1.807, 2.05) is 0 Å². The Morgan fingerprint density at radius 3 is 1.27 bits per heavy atom. The minimum Gasteiger partial charge on any atom is -0.0616 e. The molecule has 0 spiro atoms. The molecule has 0 N–H and O–H groups in total. The van der Waals surface area contributed by atoms with E-state index < -0.39 is 0 Å². The van der Waals surface area contributed by atoms with Crippen molar-refractivity contribution in [3.63, 3.8) is 0 Å². The fourth-order valence-electron chi connectivity index (χ4n) is 3.80. The van der Waals surface area contributed by atoms with Crippen LogP contribution in [-0.4, -0.2) is 0 Å². The Kier molecular flexibility index (Phi) is 5.68. The molecule has 148 valence electrons. The molecule has 0 heterocycles. The van der Waals surface area contributed by atoms with Gasteiger partial charge in [0, 0.05) is 0 Å².